The largest absolute Gasteiger partial charge is 0.484 e. The Balaban J connectivity index is 2.38. The van der Waals surface area contributed by atoms with Gasteiger partial charge in [-0.3, -0.25) is 4.79 Å². The molecule has 21 heavy (non-hydrogen) atoms. The summed E-state index contributed by atoms with van der Waals surface area (Å²) in [7, 11) is 0. The second kappa shape index (κ2) is 5.29. The molecule has 1 fully saturated rings. The molecule has 0 spiro atoms. The molecule has 1 aliphatic heterocycles. The van der Waals surface area contributed by atoms with Crippen molar-refractivity contribution in [1.29, 1.82) is 0 Å². The number of hydrogen-bond donors (Lipinski definition) is 1. The van der Waals surface area contributed by atoms with Crippen LogP contribution in [0.4, 0.5) is 5.69 Å². The molecule has 5 heteroatoms. The Morgan fingerprint density at radius 3 is 2.48 bits per heavy atom. The molecule has 0 aliphatic carbocycles. The summed E-state index contributed by atoms with van der Waals surface area (Å²) in [5.74, 6) is 0.374. The Morgan fingerprint density at radius 1 is 1.38 bits per heavy atom. The van der Waals surface area contributed by atoms with Crippen molar-refractivity contribution >= 4 is 27.4 Å². The van der Waals surface area contributed by atoms with Crippen LogP contribution in [0.1, 0.15) is 51.4 Å². The van der Waals surface area contributed by atoms with E-state index in [0.29, 0.717) is 17.0 Å². The monoisotopic (exact) mass is 355 g/mol. The molecule has 1 aromatic carbocycles. The van der Waals surface area contributed by atoms with Gasteiger partial charge in [0.05, 0.1) is 16.9 Å². The van der Waals surface area contributed by atoms with Crippen molar-refractivity contribution < 1.29 is 14.3 Å². The molecule has 0 amide bonds. The average Bonchev–Trinajstić information content (AvgIpc) is 2.49. The molecule has 1 aliphatic rings. The fourth-order valence-corrected chi connectivity index (χ4v) is 3.32. The normalized spacial score (nSPS) is 23.0. The standard InChI is InChI=1S/C16H22BrNO3/c1-9(19)11-6-10(17)7-12(18)14(11)20-13-8-15(2,3)21-16(13,4)5/h6-7,13H,8,18H2,1-5H3. The minimum absolute atomic E-state index is 0.0750. The number of anilines is 1. The Labute approximate surface area is 134 Å². The fourth-order valence-electron chi connectivity index (χ4n) is 2.85. The van der Waals surface area contributed by atoms with Gasteiger partial charge in [-0.2, -0.15) is 0 Å². The van der Waals surface area contributed by atoms with E-state index in [-0.39, 0.29) is 17.5 Å². The van der Waals surface area contributed by atoms with E-state index < -0.39 is 5.60 Å². The molecule has 2 N–H and O–H groups in total. The number of hydrogen-bond acceptors (Lipinski definition) is 4. The van der Waals surface area contributed by atoms with Crippen LogP contribution in [-0.4, -0.2) is 23.1 Å². The van der Waals surface area contributed by atoms with E-state index in [9.17, 15) is 4.79 Å². The predicted molar refractivity (Wildman–Crippen MR) is 86.8 cm³/mol. The lowest BCUT2D eigenvalue weighted by molar-refractivity contribution is -0.0845. The average molecular weight is 356 g/mol. The number of nitrogens with two attached hydrogens (primary N) is 1. The summed E-state index contributed by atoms with van der Waals surface area (Å²) in [4.78, 5) is 11.8. The van der Waals surface area contributed by atoms with E-state index in [1.165, 1.54) is 6.92 Å². The number of benzene rings is 1. The van der Waals surface area contributed by atoms with Crippen molar-refractivity contribution in [2.75, 3.05) is 5.73 Å². The van der Waals surface area contributed by atoms with E-state index in [2.05, 4.69) is 15.9 Å². The summed E-state index contributed by atoms with van der Waals surface area (Å²) in [6.45, 7) is 9.57. The van der Waals surface area contributed by atoms with Crippen LogP contribution >= 0.6 is 15.9 Å². The van der Waals surface area contributed by atoms with Gasteiger partial charge in [-0.05, 0) is 46.8 Å². The van der Waals surface area contributed by atoms with Crippen molar-refractivity contribution in [2.45, 2.75) is 58.3 Å². The topological polar surface area (TPSA) is 61.6 Å². The van der Waals surface area contributed by atoms with Gasteiger partial charge in [0.15, 0.2) is 11.5 Å². The second-order valence-electron chi connectivity index (χ2n) is 6.70. The van der Waals surface area contributed by atoms with Gasteiger partial charge in [-0.15, -0.1) is 0 Å². The van der Waals surface area contributed by atoms with E-state index >= 15 is 0 Å². The summed E-state index contributed by atoms with van der Waals surface area (Å²) in [5.41, 5.74) is 6.30. The minimum atomic E-state index is -0.433. The molecular formula is C16H22BrNO3. The Kier molecular flexibility index (Phi) is 4.10. The van der Waals surface area contributed by atoms with Gasteiger partial charge in [0.25, 0.3) is 0 Å². The number of carbonyl (C=O) groups is 1. The summed E-state index contributed by atoms with van der Waals surface area (Å²) in [6.07, 6.45) is 0.585. The quantitative estimate of drug-likeness (QED) is 0.658. The zero-order chi connectivity index (χ0) is 16.0. The van der Waals surface area contributed by atoms with Crippen molar-refractivity contribution in [1.82, 2.24) is 0 Å². The molecule has 1 unspecified atom stereocenters. The van der Waals surface area contributed by atoms with E-state index in [1.807, 2.05) is 27.7 Å². The smallest absolute Gasteiger partial charge is 0.163 e. The van der Waals surface area contributed by atoms with Crippen LogP contribution in [0.5, 0.6) is 5.75 Å². The number of halogens is 1. The number of ether oxygens (including phenoxy) is 2. The first-order chi connectivity index (χ1) is 9.52. The van der Waals surface area contributed by atoms with Crippen LogP contribution < -0.4 is 10.5 Å². The Hall–Kier alpha value is -1.07. The van der Waals surface area contributed by atoms with E-state index in [0.717, 1.165) is 10.9 Å². The third-order valence-electron chi connectivity index (χ3n) is 3.71. The van der Waals surface area contributed by atoms with Crippen LogP contribution in [0.2, 0.25) is 0 Å². The molecule has 116 valence electrons. The molecule has 1 saturated heterocycles. The van der Waals surface area contributed by atoms with Crippen molar-refractivity contribution in [3.63, 3.8) is 0 Å². The summed E-state index contributed by atoms with van der Waals surface area (Å²) in [6, 6.07) is 3.48. The van der Waals surface area contributed by atoms with Crippen LogP contribution in [0, 0.1) is 0 Å². The molecule has 1 heterocycles. The first kappa shape index (κ1) is 16.3. The van der Waals surface area contributed by atoms with Crippen LogP contribution in [-0.2, 0) is 4.74 Å². The minimum Gasteiger partial charge on any atom is -0.484 e. The first-order valence-electron chi connectivity index (χ1n) is 6.99. The van der Waals surface area contributed by atoms with E-state index in [4.69, 9.17) is 15.2 Å². The lowest BCUT2D eigenvalue weighted by Crippen LogP contribution is -2.37. The van der Waals surface area contributed by atoms with Gasteiger partial charge < -0.3 is 15.2 Å². The summed E-state index contributed by atoms with van der Waals surface area (Å²) in [5, 5.41) is 0. The highest BCUT2D eigenvalue weighted by Crippen LogP contribution is 2.41. The summed E-state index contributed by atoms with van der Waals surface area (Å²) < 4.78 is 12.9. The Bertz CT molecular complexity index is 581. The zero-order valence-electron chi connectivity index (χ0n) is 13.1. The van der Waals surface area contributed by atoms with Crippen LogP contribution in [0.3, 0.4) is 0 Å². The maximum absolute atomic E-state index is 11.8. The number of ketones is 1. The van der Waals surface area contributed by atoms with E-state index in [1.54, 1.807) is 12.1 Å². The molecule has 1 aromatic rings. The molecule has 0 aromatic heterocycles. The van der Waals surface area contributed by atoms with Crippen molar-refractivity contribution in [2.24, 2.45) is 0 Å². The summed E-state index contributed by atoms with van der Waals surface area (Å²) >= 11 is 3.36. The molecule has 4 nitrogen and oxygen atoms in total. The van der Waals surface area contributed by atoms with Gasteiger partial charge >= 0.3 is 0 Å². The third kappa shape index (κ3) is 3.40. The van der Waals surface area contributed by atoms with Gasteiger partial charge in [0.2, 0.25) is 0 Å². The molecule has 0 radical (unpaired) electrons. The lowest BCUT2D eigenvalue weighted by Gasteiger charge is -2.28. The first-order valence-corrected chi connectivity index (χ1v) is 7.78. The van der Waals surface area contributed by atoms with Gasteiger partial charge in [0.1, 0.15) is 11.7 Å². The maximum Gasteiger partial charge on any atom is 0.163 e. The molecule has 1 atom stereocenters. The fraction of sp³-hybridized carbons (Fsp3) is 0.562. The van der Waals surface area contributed by atoms with Crippen molar-refractivity contribution in [3.05, 3.63) is 22.2 Å². The number of carbonyl (C=O) groups excluding carboxylic acids is 1. The molecule has 2 rings (SSSR count). The number of nitrogen functional groups attached to an aromatic ring is 1. The van der Waals surface area contributed by atoms with Gasteiger partial charge in [-0.1, -0.05) is 15.9 Å². The van der Waals surface area contributed by atoms with Gasteiger partial charge in [-0.25, -0.2) is 0 Å². The van der Waals surface area contributed by atoms with Gasteiger partial charge in [0, 0.05) is 10.9 Å². The molecule has 0 bridgehead atoms. The third-order valence-corrected chi connectivity index (χ3v) is 4.17. The Morgan fingerprint density at radius 2 is 2.00 bits per heavy atom. The number of Topliss-reactive ketones (excluding diaryl/α,β-unsaturated/α-hetero) is 1. The zero-order valence-corrected chi connectivity index (χ0v) is 14.7. The highest BCUT2D eigenvalue weighted by molar-refractivity contribution is 9.10. The van der Waals surface area contributed by atoms with Crippen molar-refractivity contribution in [3.8, 4) is 5.75 Å². The molecular weight excluding hydrogens is 334 g/mol. The number of rotatable bonds is 3. The second-order valence-corrected chi connectivity index (χ2v) is 7.62. The SMILES string of the molecule is CC(=O)c1cc(Br)cc(N)c1OC1CC(C)(C)OC1(C)C. The predicted octanol–water partition coefficient (Wildman–Crippen LogP) is 3.96. The highest BCUT2D eigenvalue weighted by Gasteiger charge is 2.47. The lowest BCUT2D eigenvalue weighted by atomic mass is 9.97. The van der Waals surface area contributed by atoms with Crippen LogP contribution in [0.15, 0.2) is 16.6 Å². The maximum atomic E-state index is 11.8. The highest BCUT2D eigenvalue weighted by atomic mass is 79.9. The molecule has 0 saturated carbocycles. The van der Waals surface area contributed by atoms with Crippen LogP contribution in [0.25, 0.3) is 0 Å².